The Morgan fingerprint density at radius 1 is 1.14 bits per heavy atom. The molecule has 0 amide bonds. The van der Waals surface area contributed by atoms with E-state index in [4.69, 9.17) is 9.84 Å². The molecule has 0 saturated heterocycles. The number of rotatable bonds is 6. The van der Waals surface area contributed by atoms with Gasteiger partial charge < -0.3 is 4.74 Å². The first-order chi connectivity index (χ1) is 13.9. The summed E-state index contributed by atoms with van der Waals surface area (Å²) in [6, 6.07) is 14.5. The quantitative estimate of drug-likeness (QED) is 0.389. The average molecular weight is 394 g/mol. The Labute approximate surface area is 170 Å². The highest BCUT2D eigenvalue weighted by molar-refractivity contribution is 5.83. The number of carbonyl (C=O) groups is 1. The third-order valence-electron chi connectivity index (χ3n) is 5.67. The number of carbonyl (C=O) groups excluding carboxylic acids is 1. The number of para-hydroxylation sites is 2. The van der Waals surface area contributed by atoms with Crippen molar-refractivity contribution < 1.29 is 13.9 Å². The van der Waals surface area contributed by atoms with Gasteiger partial charge in [0.05, 0.1) is 18.2 Å². The zero-order valence-corrected chi connectivity index (χ0v) is 17.0. The maximum absolute atomic E-state index is 14.7. The summed E-state index contributed by atoms with van der Waals surface area (Å²) in [6.07, 6.45) is 5.24. The molecule has 1 heterocycles. The lowest BCUT2D eigenvalue weighted by Crippen LogP contribution is -2.23. The summed E-state index contributed by atoms with van der Waals surface area (Å²) in [5.41, 5.74) is 1.08. The van der Waals surface area contributed by atoms with Crippen molar-refractivity contribution in [3.63, 3.8) is 0 Å². The number of ether oxygens (including phenoxy) is 1. The molecule has 152 valence electrons. The Hall–Kier alpha value is -2.69. The van der Waals surface area contributed by atoms with Crippen LogP contribution in [0.2, 0.25) is 0 Å². The van der Waals surface area contributed by atoms with Gasteiger partial charge in [-0.2, -0.15) is 5.10 Å². The third kappa shape index (κ3) is 4.34. The van der Waals surface area contributed by atoms with Crippen LogP contribution in [0.5, 0.6) is 5.75 Å². The van der Waals surface area contributed by atoms with E-state index >= 15 is 0 Å². The van der Waals surface area contributed by atoms with Crippen molar-refractivity contribution in [3.8, 4) is 5.75 Å². The number of esters is 1. The van der Waals surface area contributed by atoms with E-state index in [2.05, 4.69) is 0 Å². The molecule has 0 radical (unpaired) electrons. The summed E-state index contributed by atoms with van der Waals surface area (Å²) in [5.74, 6) is 0.0488. The second kappa shape index (κ2) is 7.97. The molecule has 3 aromatic rings. The SMILES string of the molecule is CC(C)(CC(=O)Oc1ccccc1)Cc1nn(C2CCCC2)c2c(F)cccc12. The summed E-state index contributed by atoms with van der Waals surface area (Å²) in [6.45, 7) is 4.05. The van der Waals surface area contributed by atoms with E-state index in [1.165, 1.54) is 6.07 Å². The standard InChI is InChI=1S/C24H27FN2O2/c1-24(2,16-22(28)29-18-11-4-3-5-12-18)15-21-19-13-8-14-20(25)23(19)27(26-21)17-9-6-7-10-17/h3-5,8,11-14,17H,6-7,9-10,15-16H2,1-2H3. The third-order valence-corrected chi connectivity index (χ3v) is 5.67. The molecule has 2 aromatic carbocycles. The monoisotopic (exact) mass is 394 g/mol. The van der Waals surface area contributed by atoms with Gasteiger partial charge in [-0.1, -0.05) is 57.0 Å². The molecule has 1 aliphatic rings. The minimum absolute atomic E-state index is 0.227. The molecule has 5 heteroatoms. The fraction of sp³-hybridized carbons (Fsp3) is 0.417. The van der Waals surface area contributed by atoms with E-state index in [1.54, 1.807) is 18.2 Å². The van der Waals surface area contributed by atoms with Crippen LogP contribution in [0.1, 0.15) is 57.7 Å². The van der Waals surface area contributed by atoms with Crippen molar-refractivity contribution in [1.29, 1.82) is 0 Å². The van der Waals surface area contributed by atoms with E-state index in [0.717, 1.165) is 36.8 Å². The molecule has 1 aliphatic carbocycles. The van der Waals surface area contributed by atoms with Crippen molar-refractivity contribution >= 4 is 16.9 Å². The molecule has 1 saturated carbocycles. The van der Waals surface area contributed by atoms with Gasteiger partial charge in [-0.25, -0.2) is 4.39 Å². The van der Waals surface area contributed by atoms with Gasteiger partial charge in [-0.15, -0.1) is 0 Å². The summed E-state index contributed by atoms with van der Waals surface area (Å²) in [5, 5.41) is 5.68. The smallest absolute Gasteiger partial charge is 0.311 e. The second-order valence-electron chi connectivity index (χ2n) is 8.77. The van der Waals surface area contributed by atoms with Gasteiger partial charge in [-0.05, 0) is 42.9 Å². The Morgan fingerprint density at radius 2 is 1.86 bits per heavy atom. The van der Waals surface area contributed by atoms with Gasteiger partial charge in [0.15, 0.2) is 0 Å². The number of hydrogen-bond acceptors (Lipinski definition) is 3. The molecule has 4 nitrogen and oxygen atoms in total. The van der Waals surface area contributed by atoms with Crippen LogP contribution in [-0.2, 0) is 11.2 Å². The molecule has 29 heavy (non-hydrogen) atoms. The minimum atomic E-state index is -0.361. The predicted octanol–water partition coefficient (Wildman–Crippen LogP) is 5.85. The maximum atomic E-state index is 14.7. The van der Waals surface area contributed by atoms with Gasteiger partial charge in [0.25, 0.3) is 0 Å². The van der Waals surface area contributed by atoms with Crippen LogP contribution < -0.4 is 4.74 Å². The Balaban J connectivity index is 1.56. The number of benzene rings is 2. The van der Waals surface area contributed by atoms with Crippen LogP contribution in [0.25, 0.3) is 10.9 Å². The summed E-state index contributed by atoms with van der Waals surface area (Å²) in [4.78, 5) is 12.4. The molecule has 0 N–H and O–H groups in total. The number of halogens is 1. The lowest BCUT2D eigenvalue weighted by Gasteiger charge is -2.22. The molecular formula is C24H27FN2O2. The highest BCUT2D eigenvalue weighted by Crippen LogP contribution is 2.36. The number of fused-ring (bicyclic) bond motifs is 1. The van der Waals surface area contributed by atoms with Crippen LogP contribution in [0.4, 0.5) is 4.39 Å². The predicted molar refractivity (Wildman–Crippen MR) is 111 cm³/mol. The van der Waals surface area contributed by atoms with Crippen LogP contribution >= 0.6 is 0 Å². The summed E-state index contributed by atoms with van der Waals surface area (Å²) >= 11 is 0. The van der Waals surface area contributed by atoms with E-state index in [1.807, 2.05) is 42.8 Å². The maximum Gasteiger partial charge on any atom is 0.311 e. The van der Waals surface area contributed by atoms with Crippen LogP contribution in [0, 0.1) is 11.2 Å². The van der Waals surface area contributed by atoms with Crippen molar-refractivity contribution in [1.82, 2.24) is 9.78 Å². The van der Waals surface area contributed by atoms with Crippen molar-refractivity contribution in [2.45, 2.75) is 58.4 Å². The Kier molecular flexibility index (Phi) is 5.39. The van der Waals surface area contributed by atoms with Crippen LogP contribution in [0.3, 0.4) is 0 Å². The van der Waals surface area contributed by atoms with Gasteiger partial charge in [-0.3, -0.25) is 9.48 Å². The Morgan fingerprint density at radius 3 is 2.59 bits per heavy atom. The molecule has 0 atom stereocenters. The zero-order chi connectivity index (χ0) is 20.4. The van der Waals surface area contributed by atoms with E-state index < -0.39 is 0 Å². The lowest BCUT2D eigenvalue weighted by molar-refractivity contribution is -0.136. The second-order valence-corrected chi connectivity index (χ2v) is 8.77. The zero-order valence-electron chi connectivity index (χ0n) is 17.0. The summed E-state index contributed by atoms with van der Waals surface area (Å²) in [7, 11) is 0. The normalized spacial score (nSPS) is 15.1. The molecule has 0 bridgehead atoms. The molecular weight excluding hydrogens is 367 g/mol. The Bertz CT molecular complexity index is 1000. The number of hydrogen-bond donors (Lipinski definition) is 0. The highest BCUT2D eigenvalue weighted by atomic mass is 19.1. The van der Waals surface area contributed by atoms with E-state index in [0.29, 0.717) is 17.7 Å². The molecule has 1 fully saturated rings. The first-order valence-electron chi connectivity index (χ1n) is 10.3. The van der Waals surface area contributed by atoms with E-state index in [9.17, 15) is 9.18 Å². The molecule has 0 aliphatic heterocycles. The molecule has 4 rings (SSSR count). The van der Waals surface area contributed by atoms with E-state index in [-0.39, 0.29) is 29.7 Å². The molecule has 1 aromatic heterocycles. The topological polar surface area (TPSA) is 44.1 Å². The van der Waals surface area contributed by atoms with Crippen LogP contribution in [0.15, 0.2) is 48.5 Å². The number of nitrogens with zero attached hydrogens (tertiary/aromatic N) is 2. The number of aromatic nitrogens is 2. The fourth-order valence-corrected chi connectivity index (χ4v) is 4.32. The minimum Gasteiger partial charge on any atom is -0.427 e. The van der Waals surface area contributed by atoms with Gasteiger partial charge in [0.2, 0.25) is 0 Å². The van der Waals surface area contributed by atoms with Gasteiger partial charge in [0.1, 0.15) is 17.1 Å². The molecule has 0 spiro atoms. The lowest BCUT2D eigenvalue weighted by atomic mass is 9.84. The largest absolute Gasteiger partial charge is 0.427 e. The van der Waals surface area contributed by atoms with Crippen LogP contribution in [-0.4, -0.2) is 15.7 Å². The van der Waals surface area contributed by atoms with Crippen molar-refractivity contribution in [2.75, 3.05) is 0 Å². The van der Waals surface area contributed by atoms with Crippen molar-refractivity contribution in [2.24, 2.45) is 5.41 Å². The first-order valence-corrected chi connectivity index (χ1v) is 10.3. The molecule has 0 unspecified atom stereocenters. The fourth-order valence-electron chi connectivity index (χ4n) is 4.32. The van der Waals surface area contributed by atoms with Gasteiger partial charge >= 0.3 is 5.97 Å². The average Bonchev–Trinajstić information content (AvgIpc) is 3.31. The first kappa shape index (κ1) is 19.6. The highest BCUT2D eigenvalue weighted by Gasteiger charge is 2.29. The van der Waals surface area contributed by atoms with Gasteiger partial charge in [0, 0.05) is 5.39 Å². The van der Waals surface area contributed by atoms with Crippen molar-refractivity contribution in [3.05, 3.63) is 60.0 Å². The summed E-state index contributed by atoms with van der Waals surface area (Å²) < 4.78 is 22.0.